The zero-order valence-electron chi connectivity index (χ0n) is 30.4. The molecule has 5 aromatic rings. The molecule has 5 atom stereocenters. The van der Waals surface area contributed by atoms with E-state index in [0.29, 0.717) is 23.8 Å². The fraction of sp³-hybridized carbons (Fsp3) is 0.386. The van der Waals surface area contributed by atoms with Gasteiger partial charge in [0.05, 0.1) is 36.0 Å². The molecule has 53 heavy (non-hydrogen) atoms. The lowest BCUT2D eigenvalue weighted by atomic mass is 9.89. The molecule has 9 nitrogen and oxygen atoms in total. The molecule has 2 N–H and O–H groups in total. The molecule has 4 heterocycles. The number of benzene rings is 4. The number of aromatic nitrogens is 2. The van der Waals surface area contributed by atoms with E-state index >= 15 is 0 Å². The summed E-state index contributed by atoms with van der Waals surface area (Å²) in [6, 6.07) is 32.9. The molecule has 0 spiro atoms. The number of carbonyl (C=O) groups excluding carboxylic acids is 1. The van der Waals surface area contributed by atoms with Crippen LogP contribution in [-0.2, 0) is 22.6 Å². The van der Waals surface area contributed by atoms with Crippen LogP contribution in [0.4, 0.5) is 0 Å². The number of aliphatic hydroxyl groups excluding tert-OH is 1. The highest BCUT2D eigenvalue weighted by atomic mass is 16.7. The van der Waals surface area contributed by atoms with E-state index in [1.54, 1.807) is 0 Å². The van der Waals surface area contributed by atoms with E-state index in [-0.39, 0.29) is 30.6 Å². The van der Waals surface area contributed by atoms with Crippen molar-refractivity contribution in [3.63, 3.8) is 0 Å². The van der Waals surface area contributed by atoms with Crippen molar-refractivity contribution >= 4 is 16.9 Å². The summed E-state index contributed by atoms with van der Waals surface area (Å²) in [5, 5.41) is 12.7. The molecule has 0 aliphatic carbocycles. The summed E-state index contributed by atoms with van der Waals surface area (Å²) < 4.78 is 13.7. The zero-order chi connectivity index (χ0) is 36.1. The van der Waals surface area contributed by atoms with Gasteiger partial charge in [0.15, 0.2) is 6.29 Å². The van der Waals surface area contributed by atoms with Gasteiger partial charge in [-0.05, 0) is 91.3 Å². The molecular weight excluding hydrogens is 663 g/mol. The van der Waals surface area contributed by atoms with Gasteiger partial charge in [-0.15, -0.1) is 0 Å². The molecule has 3 aliphatic rings. The summed E-state index contributed by atoms with van der Waals surface area (Å²) in [6.07, 6.45) is 5.99. The number of hydrogen-bond donors (Lipinski definition) is 2. The van der Waals surface area contributed by atoms with Crippen molar-refractivity contribution in [1.29, 1.82) is 0 Å². The first kappa shape index (κ1) is 35.5. The van der Waals surface area contributed by atoms with Crippen LogP contribution in [0.2, 0.25) is 0 Å². The maximum atomic E-state index is 12.9. The maximum absolute atomic E-state index is 12.9. The van der Waals surface area contributed by atoms with Gasteiger partial charge in [0.1, 0.15) is 5.69 Å². The van der Waals surface area contributed by atoms with Crippen LogP contribution in [-0.4, -0.2) is 75.7 Å². The molecule has 3 saturated heterocycles. The first-order chi connectivity index (χ1) is 26.0. The van der Waals surface area contributed by atoms with Gasteiger partial charge in [0, 0.05) is 37.2 Å². The molecule has 274 valence electrons. The third kappa shape index (κ3) is 8.20. The molecule has 9 heteroatoms. The molecule has 3 fully saturated rings. The topological polar surface area (TPSA) is 100 Å². The van der Waals surface area contributed by atoms with Crippen molar-refractivity contribution in [2.24, 2.45) is 5.92 Å². The van der Waals surface area contributed by atoms with Crippen LogP contribution in [0, 0.1) is 5.92 Å². The van der Waals surface area contributed by atoms with Gasteiger partial charge >= 0.3 is 0 Å². The van der Waals surface area contributed by atoms with E-state index in [4.69, 9.17) is 9.47 Å². The van der Waals surface area contributed by atoms with Crippen molar-refractivity contribution in [2.45, 2.75) is 70.3 Å². The molecule has 8 rings (SSSR count). The van der Waals surface area contributed by atoms with Gasteiger partial charge in [-0.1, -0.05) is 85.8 Å². The van der Waals surface area contributed by atoms with Gasteiger partial charge in [-0.3, -0.25) is 14.7 Å². The quantitative estimate of drug-likeness (QED) is 0.150. The Balaban J connectivity index is 0.966. The smallest absolute Gasteiger partial charge is 0.271 e. The monoisotopic (exact) mass is 711 g/mol. The van der Waals surface area contributed by atoms with Gasteiger partial charge in [-0.2, -0.15) is 0 Å². The number of para-hydroxylation sites is 2. The minimum Gasteiger partial charge on any atom is -0.392 e. The second-order valence-corrected chi connectivity index (χ2v) is 14.9. The SMILES string of the molecule is C[C@H]1[C@@H](CN2CCC[C@H]2CN2CCCC2)O[C@@H](c2ccc(-c3cccc(CNC(=O)c4cnc5ccccc5n4)c3)cc2)O[C@H]1c1ccc(CO)cc1. The molecule has 3 aliphatic heterocycles. The minimum absolute atomic E-state index is 0.00241. The summed E-state index contributed by atoms with van der Waals surface area (Å²) >= 11 is 0. The van der Waals surface area contributed by atoms with Crippen LogP contribution < -0.4 is 5.32 Å². The highest BCUT2D eigenvalue weighted by Gasteiger charge is 2.41. The molecule has 0 saturated carbocycles. The first-order valence-electron chi connectivity index (χ1n) is 19.2. The fourth-order valence-corrected chi connectivity index (χ4v) is 8.20. The van der Waals surface area contributed by atoms with Crippen LogP contribution in [0.15, 0.2) is 103 Å². The number of carbonyl (C=O) groups is 1. The third-order valence-electron chi connectivity index (χ3n) is 11.3. The minimum atomic E-state index is -0.507. The Hall–Kier alpha value is -4.51. The van der Waals surface area contributed by atoms with Crippen LogP contribution in [0.3, 0.4) is 0 Å². The Kier molecular flexibility index (Phi) is 10.9. The van der Waals surface area contributed by atoms with Gasteiger partial charge in [-0.25, -0.2) is 4.98 Å². The number of hydrogen-bond acceptors (Lipinski definition) is 8. The summed E-state index contributed by atoms with van der Waals surface area (Å²) in [7, 11) is 0. The van der Waals surface area contributed by atoms with Crippen LogP contribution in [0.5, 0.6) is 0 Å². The second-order valence-electron chi connectivity index (χ2n) is 14.9. The Morgan fingerprint density at radius 2 is 1.58 bits per heavy atom. The Morgan fingerprint density at radius 3 is 2.38 bits per heavy atom. The van der Waals surface area contributed by atoms with Crippen LogP contribution >= 0.6 is 0 Å². The highest BCUT2D eigenvalue weighted by Crippen LogP contribution is 2.42. The normalized spacial score (nSPS) is 23.8. The van der Waals surface area contributed by atoms with E-state index in [1.807, 2.05) is 48.5 Å². The Bertz CT molecular complexity index is 2000. The number of rotatable bonds is 11. The zero-order valence-corrected chi connectivity index (χ0v) is 30.4. The molecule has 0 radical (unpaired) electrons. The Morgan fingerprint density at radius 1 is 0.811 bits per heavy atom. The van der Waals surface area contributed by atoms with E-state index in [2.05, 4.69) is 80.5 Å². The van der Waals surface area contributed by atoms with E-state index in [0.717, 1.165) is 58.5 Å². The molecule has 1 amide bonds. The lowest BCUT2D eigenvalue weighted by molar-refractivity contribution is -0.276. The standard InChI is InChI=1S/C44H49N5O4/c1-30-41(28-49-23-7-10-37(49)27-48-21-4-5-22-48)52-44(53-42(30)34-15-13-31(29-50)14-16-34)35-19-17-33(18-20-35)36-9-6-8-32(24-36)25-46-43(51)40-26-45-38-11-2-3-12-39(38)47-40/h2-3,6,8-9,11-20,24,26,30,37,41-42,44,50H,4-5,7,10,21-23,25,27-29H2,1H3,(H,46,51)/t30-,37-,41+,42+,44+/m0/s1. The molecule has 0 unspecified atom stereocenters. The summed E-state index contributed by atoms with van der Waals surface area (Å²) in [5.74, 6) is -0.109. The number of likely N-dealkylation sites (tertiary alicyclic amines) is 2. The Labute approximate surface area is 312 Å². The first-order valence-corrected chi connectivity index (χ1v) is 19.2. The molecule has 0 bridgehead atoms. The maximum Gasteiger partial charge on any atom is 0.271 e. The summed E-state index contributed by atoms with van der Waals surface area (Å²) in [6.45, 7) is 8.25. The highest BCUT2D eigenvalue weighted by molar-refractivity contribution is 5.93. The third-order valence-corrected chi connectivity index (χ3v) is 11.3. The van der Waals surface area contributed by atoms with Crippen LogP contribution in [0.1, 0.15) is 77.7 Å². The van der Waals surface area contributed by atoms with Crippen molar-refractivity contribution in [3.8, 4) is 11.1 Å². The molecule has 1 aromatic heterocycles. The molecular formula is C44H49N5O4. The number of fused-ring (bicyclic) bond motifs is 1. The lowest BCUT2D eigenvalue weighted by Gasteiger charge is -2.43. The van der Waals surface area contributed by atoms with Gasteiger partial charge in [0.25, 0.3) is 5.91 Å². The fourth-order valence-electron chi connectivity index (χ4n) is 8.20. The van der Waals surface area contributed by atoms with Crippen molar-refractivity contribution < 1.29 is 19.4 Å². The number of ether oxygens (including phenoxy) is 2. The van der Waals surface area contributed by atoms with Crippen molar-refractivity contribution in [1.82, 2.24) is 25.1 Å². The van der Waals surface area contributed by atoms with E-state index in [9.17, 15) is 9.90 Å². The predicted molar refractivity (Wildman–Crippen MR) is 206 cm³/mol. The van der Waals surface area contributed by atoms with Crippen molar-refractivity contribution in [2.75, 3.05) is 32.7 Å². The average Bonchev–Trinajstić information content (AvgIpc) is 3.90. The van der Waals surface area contributed by atoms with E-state index in [1.165, 1.54) is 45.0 Å². The predicted octanol–water partition coefficient (Wildman–Crippen LogP) is 7.07. The van der Waals surface area contributed by atoms with Gasteiger partial charge in [0.2, 0.25) is 0 Å². The van der Waals surface area contributed by atoms with Crippen molar-refractivity contribution in [3.05, 3.63) is 131 Å². The summed E-state index contributed by atoms with van der Waals surface area (Å²) in [4.78, 5) is 27.1. The lowest BCUT2D eigenvalue weighted by Crippen LogP contribution is -2.48. The number of nitrogens with zero attached hydrogens (tertiary/aromatic N) is 4. The van der Waals surface area contributed by atoms with Crippen LogP contribution in [0.25, 0.3) is 22.2 Å². The average molecular weight is 712 g/mol. The van der Waals surface area contributed by atoms with E-state index < -0.39 is 6.29 Å². The largest absolute Gasteiger partial charge is 0.392 e. The second kappa shape index (κ2) is 16.2. The molecule has 4 aromatic carbocycles. The number of aliphatic hydroxyl groups is 1. The number of nitrogens with one attached hydrogen (secondary N) is 1. The van der Waals surface area contributed by atoms with Gasteiger partial charge < -0.3 is 24.8 Å². The summed E-state index contributed by atoms with van der Waals surface area (Å²) in [5.41, 5.74) is 7.86. The number of amides is 1.